The molecule has 1 aliphatic rings. The number of H-pyrrole nitrogens is 1. The molecule has 4 aromatic rings. The van der Waals surface area contributed by atoms with Crippen LogP contribution < -0.4 is 5.32 Å². The van der Waals surface area contributed by atoms with Gasteiger partial charge in [-0.2, -0.15) is 0 Å². The first-order valence-electron chi connectivity index (χ1n) is 9.92. The minimum Gasteiger partial charge on any atom is -0.467 e. The molecule has 0 radical (unpaired) electrons. The Bertz CT molecular complexity index is 1270. The van der Waals surface area contributed by atoms with E-state index in [1.54, 1.807) is 53.6 Å². The Morgan fingerprint density at radius 1 is 1.23 bits per heavy atom. The average molecular weight is 418 g/mol. The Hall–Kier alpha value is -3.94. The number of carbonyl (C=O) groups excluding carboxylic acids is 2. The van der Waals surface area contributed by atoms with Gasteiger partial charge >= 0.3 is 0 Å². The zero-order chi connectivity index (χ0) is 21.4. The third kappa shape index (κ3) is 3.92. The smallest absolute Gasteiger partial charge is 0.229 e. The SMILES string of the molecule is O=C(Nc1ccc2nc(-c3cccc(F)c3)[nH]c2c1)C1CC(=O)N(Cc2ccco2)C1. The normalized spacial score (nSPS) is 16.2. The molecule has 8 heteroatoms. The highest BCUT2D eigenvalue weighted by Gasteiger charge is 2.34. The van der Waals surface area contributed by atoms with Gasteiger partial charge in [-0.3, -0.25) is 9.59 Å². The zero-order valence-corrected chi connectivity index (χ0v) is 16.5. The van der Waals surface area contributed by atoms with Crippen molar-refractivity contribution in [3.8, 4) is 11.4 Å². The third-order valence-corrected chi connectivity index (χ3v) is 5.36. The Labute approximate surface area is 176 Å². The zero-order valence-electron chi connectivity index (χ0n) is 16.5. The Morgan fingerprint density at radius 2 is 2.13 bits per heavy atom. The molecule has 5 rings (SSSR count). The molecule has 2 N–H and O–H groups in total. The third-order valence-electron chi connectivity index (χ3n) is 5.36. The lowest BCUT2D eigenvalue weighted by Crippen LogP contribution is -2.27. The lowest BCUT2D eigenvalue weighted by Gasteiger charge is -2.15. The summed E-state index contributed by atoms with van der Waals surface area (Å²) < 4.78 is 18.8. The second kappa shape index (κ2) is 7.71. The molecule has 1 unspecified atom stereocenters. The number of nitrogens with one attached hydrogen (secondary N) is 2. The van der Waals surface area contributed by atoms with E-state index in [4.69, 9.17) is 4.42 Å². The number of benzene rings is 2. The van der Waals surface area contributed by atoms with Gasteiger partial charge in [-0.05, 0) is 42.5 Å². The van der Waals surface area contributed by atoms with E-state index in [2.05, 4.69) is 15.3 Å². The maximum Gasteiger partial charge on any atom is 0.229 e. The number of halogens is 1. The van der Waals surface area contributed by atoms with Crippen molar-refractivity contribution in [3.63, 3.8) is 0 Å². The van der Waals surface area contributed by atoms with E-state index in [0.29, 0.717) is 41.4 Å². The fraction of sp³-hybridized carbons (Fsp3) is 0.174. The minimum atomic E-state index is -0.428. The van der Waals surface area contributed by atoms with Crippen molar-refractivity contribution in [2.45, 2.75) is 13.0 Å². The Kier molecular flexibility index (Phi) is 4.74. The second-order valence-corrected chi connectivity index (χ2v) is 7.57. The average Bonchev–Trinajstić information content (AvgIpc) is 3.49. The first-order chi connectivity index (χ1) is 15.0. The number of amides is 2. The van der Waals surface area contributed by atoms with Crippen LogP contribution in [0.15, 0.2) is 65.3 Å². The largest absolute Gasteiger partial charge is 0.467 e. The van der Waals surface area contributed by atoms with Crippen LogP contribution in [0.25, 0.3) is 22.4 Å². The molecule has 0 aliphatic carbocycles. The van der Waals surface area contributed by atoms with Crippen LogP contribution in [0.1, 0.15) is 12.2 Å². The van der Waals surface area contributed by atoms with E-state index in [-0.39, 0.29) is 24.1 Å². The molecule has 1 saturated heterocycles. The van der Waals surface area contributed by atoms with E-state index in [1.165, 1.54) is 12.1 Å². The number of rotatable bonds is 5. The number of likely N-dealkylation sites (tertiary alicyclic amines) is 1. The van der Waals surface area contributed by atoms with Gasteiger partial charge in [0.1, 0.15) is 17.4 Å². The number of furan rings is 1. The van der Waals surface area contributed by atoms with Gasteiger partial charge < -0.3 is 19.6 Å². The molecule has 1 fully saturated rings. The van der Waals surface area contributed by atoms with Gasteiger partial charge in [0.2, 0.25) is 11.8 Å². The highest BCUT2D eigenvalue weighted by atomic mass is 19.1. The summed E-state index contributed by atoms with van der Waals surface area (Å²) in [4.78, 5) is 34.3. The first-order valence-corrected chi connectivity index (χ1v) is 9.92. The number of aromatic amines is 1. The molecule has 0 bridgehead atoms. The lowest BCUT2D eigenvalue weighted by atomic mass is 10.1. The quantitative estimate of drug-likeness (QED) is 0.513. The summed E-state index contributed by atoms with van der Waals surface area (Å²) in [6.45, 7) is 0.708. The van der Waals surface area contributed by atoms with Crippen LogP contribution in [0.2, 0.25) is 0 Å². The predicted molar refractivity (Wildman–Crippen MR) is 112 cm³/mol. The maximum atomic E-state index is 13.5. The molecule has 0 saturated carbocycles. The number of hydrogen-bond donors (Lipinski definition) is 2. The van der Waals surface area contributed by atoms with Gasteiger partial charge in [0.15, 0.2) is 0 Å². The van der Waals surface area contributed by atoms with Crippen LogP contribution >= 0.6 is 0 Å². The van der Waals surface area contributed by atoms with Crippen molar-refractivity contribution in [2.24, 2.45) is 5.92 Å². The molecule has 1 aliphatic heterocycles. The molecule has 7 nitrogen and oxygen atoms in total. The van der Waals surface area contributed by atoms with Gasteiger partial charge in [-0.1, -0.05) is 12.1 Å². The van der Waals surface area contributed by atoms with Crippen molar-refractivity contribution in [2.75, 3.05) is 11.9 Å². The highest BCUT2D eigenvalue weighted by Crippen LogP contribution is 2.25. The lowest BCUT2D eigenvalue weighted by molar-refractivity contribution is -0.128. The van der Waals surface area contributed by atoms with Crippen LogP contribution in [0.5, 0.6) is 0 Å². The van der Waals surface area contributed by atoms with Gasteiger partial charge in [0, 0.05) is 24.2 Å². The fourth-order valence-electron chi connectivity index (χ4n) is 3.80. The van der Waals surface area contributed by atoms with Gasteiger partial charge in [-0.15, -0.1) is 0 Å². The number of fused-ring (bicyclic) bond motifs is 1. The highest BCUT2D eigenvalue weighted by molar-refractivity contribution is 5.98. The number of carbonyl (C=O) groups is 2. The number of hydrogen-bond acceptors (Lipinski definition) is 4. The van der Waals surface area contributed by atoms with Crippen LogP contribution in [0.3, 0.4) is 0 Å². The van der Waals surface area contributed by atoms with E-state index >= 15 is 0 Å². The summed E-state index contributed by atoms with van der Waals surface area (Å²) in [6.07, 6.45) is 1.73. The molecule has 156 valence electrons. The maximum absolute atomic E-state index is 13.5. The van der Waals surface area contributed by atoms with E-state index in [0.717, 1.165) is 5.52 Å². The number of anilines is 1. The summed E-state index contributed by atoms with van der Waals surface area (Å²) in [7, 11) is 0. The predicted octanol–water partition coefficient (Wildman–Crippen LogP) is 3.95. The molecule has 2 amide bonds. The number of imidazole rings is 1. The number of aromatic nitrogens is 2. The van der Waals surface area contributed by atoms with Crippen LogP contribution in [0, 0.1) is 11.7 Å². The summed E-state index contributed by atoms with van der Waals surface area (Å²) in [5.74, 6) is 0.196. The second-order valence-electron chi connectivity index (χ2n) is 7.57. The minimum absolute atomic E-state index is 0.0692. The molecular formula is C23H19FN4O3. The van der Waals surface area contributed by atoms with Crippen molar-refractivity contribution >= 4 is 28.5 Å². The van der Waals surface area contributed by atoms with Crippen LogP contribution in [-0.2, 0) is 16.1 Å². The van der Waals surface area contributed by atoms with Gasteiger partial charge in [-0.25, -0.2) is 9.37 Å². The molecule has 2 aromatic heterocycles. The summed E-state index contributed by atoms with van der Waals surface area (Å²) in [5, 5.41) is 2.89. The molecule has 3 heterocycles. The van der Waals surface area contributed by atoms with E-state index in [1.807, 2.05) is 0 Å². The monoisotopic (exact) mass is 418 g/mol. The van der Waals surface area contributed by atoms with Crippen molar-refractivity contribution in [1.82, 2.24) is 14.9 Å². The van der Waals surface area contributed by atoms with Crippen molar-refractivity contribution < 1.29 is 18.4 Å². The van der Waals surface area contributed by atoms with Crippen molar-refractivity contribution in [3.05, 3.63) is 72.4 Å². The molecular weight excluding hydrogens is 399 g/mol. The number of nitrogens with zero attached hydrogens (tertiary/aromatic N) is 2. The Balaban J connectivity index is 1.29. The standard InChI is InChI=1S/C23H19FN4O3/c24-16-4-1-3-14(9-16)22-26-19-7-6-17(11-20(19)27-22)25-23(30)15-10-21(29)28(12-15)13-18-5-2-8-31-18/h1-9,11,15H,10,12-13H2,(H,25,30)(H,26,27). The molecule has 1 atom stereocenters. The molecule has 31 heavy (non-hydrogen) atoms. The summed E-state index contributed by atoms with van der Waals surface area (Å²) >= 11 is 0. The van der Waals surface area contributed by atoms with Crippen molar-refractivity contribution in [1.29, 1.82) is 0 Å². The first kappa shape index (κ1) is 19.0. The van der Waals surface area contributed by atoms with Crippen LogP contribution in [0.4, 0.5) is 10.1 Å². The topological polar surface area (TPSA) is 91.2 Å². The summed E-state index contributed by atoms with van der Waals surface area (Å²) in [6, 6.07) is 15.1. The fourth-order valence-corrected chi connectivity index (χ4v) is 3.80. The molecule has 2 aromatic carbocycles. The van der Waals surface area contributed by atoms with E-state index in [9.17, 15) is 14.0 Å². The summed E-state index contributed by atoms with van der Waals surface area (Å²) in [5.41, 5.74) is 2.67. The van der Waals surface area contributed by atoms with Gasteiger partial charge in [0.25, 0.3) is 0 Å². The van der Waals surface area contributed by atoms with Crippen LogP contribution in [-0.4, -0.2) is 33.2 Å². The molecule has 0 spiro atoms. The van der Waals surface area contributed by atoms with E-state index < -0.39 is 5.92 Å². The van der Waals surface area contributed by atoms with Gasteiger partial charge in [0.05, 0.1) is 29.8 Å². The Morgan fingerprint density at radius 3 is 2.94 bits per heavy atom.